The van der Waals surface area contributed by atoms with E-state index in [1.54, 1.807) is 6.20 Å². The van der Waals surface area contributed by atoms with E-state index in [4.69, 9.17) is 14.5 Å². The smallest absolute Gasteiger partial charge is 0.216 e. The minimum Gasteiger partial charge on any atom is -0.510 e. The zero-order valence-corrected chi connectivity index (χ0v) is 23.4. The molecular weight excluding hydrogens is 633 g/mol. The van der Waals surface area contributed by atoms with E-state index in [1.165, 1.54) is 0 Å². The van der Waals surface area contributed by atoms with Crippen LogP contribution in [0.15, 0.2) is 55.1 Å². The van der Waals surface area contributed by atoms with E-state index in [0.717, 1.165) is 22.6 Å². The van der Waals surface area contributed by atoms with Gasteiger partial charge in [-0.2, -0.15) is 12.7 Å². The van der Waals surface area contributed by atoms with Crippen LogP contribution >= 0.6 is 0 Å². The Morgan fingerprint density at radius 3 is 2.53 bits per heavy atom. The molecule has 8 heteroatoms. The summed E-state index contributed by atoms with van der Waals surface area (Å²) in [7, 11) is 1.98. The predicted molar refractivity (Wildman–Crippen MR) is 136 cm³/mol. The predicted octanol–water partition coefficient (Wildman–Crippen LogP) is 6.17. The van der Waals surface area contributed by atoms with Gasteiger partial charge in [-0.15, -0.1) is 23.9 Å². The van der Waals surface area contributed by atoms with E-state index in [0.29, 0.717) is 28.8 Å². The number of rotatable bonds is 5. The molecule has 0 atom stereocenters. The van der Waals surface area contributed by atoms with Crippen molar-refractivity contribution in [2.75, 3.05) is 11.9 Å². The van der Waals surface area contributed by atoms with E-state index in [2.05, 4.69) is 37.9 Å². The molecule has 0 unspecified atom stereocenters. The molecule has 0 saturated carbocycles. The largest absolute Gasteiger partial charge is 0.510 e. The number of fused-ring (bicyclic) bond motifs is 1. The van der Waals surface area contributed by atoms with E-state index in [-0.39, 0.29) is 26.5 Å². The maximum absolute atomic E-state index is 6.27. The molecule has 36 heavy (non-hydrogen) atoms. The number of aryl methyl sites for hydroxylation is 2. The second-order valence-electron chi connectivity index (χ2n) is 9.65. The summed E-state index contributed by atoms with van der Waals surface area (Å²) in [4.78, 5) is 13.0. The van der Waals surface area contributed by atoms with Crippen LogP contribution in [0.4, 0.5) is 5.69 Å². The first kappa shape index (κ1) is 25.8. The van der Waals surface area contributed by atoms with Gasteiger partial charge in [-0.3, -0.25) is 4.98 Å². The summed E-state index contributed by atoms with van der Waals surface area (Å²) in [5, 5.41) is 0. The van der Waals surface area contributed by atoms with Gasteiger partial charge in [-0.05, 0) is 50.3 Å². The number of pyridine rings is 2. The minimum absolute atomic E-state index is 0. The molecule has 0 fully saturated rings. The van der Waals surface area contributed by atoms with E-state index in [9.17, 15) is 0 Å². The van der Waals surface area contributed by atoms with Crippen molar-refractivity contribution in [3.05, 3.63) is 90.9 Å². The average Bonchev–Trinajstić information content (AvgIpc) is 3.37. The second kappa shape index (κ2) is 9.98. The average molecular weight is 662 g/mol. The fraction of sp³-hybridized carbons (Fsp3) is 0.250. The van der Waals surface area contributed by atoms with Crippen molar-refractivity contribution in [3.63, 3.8) is 0 Å². The first-order valence-corrected chi connectivity index (χ1v) is 11.5. The van der Waals surface area contributed by atoms with Gasteiger partial charge >= 0.3 is 0 Å². The maximum atomic E-state index is 6.27. The monoisotopic (exact) mass is 661 g/mol. The maximum Gasteiger partial charge on any atom is 0.216 e. The molecule has 0 aliphatic carbocycles. The van der Waals surface area contributed by atoms with Crippen molar-refractivity contribution < 1.29 is 30.5 Å². The van der Waals surface area contributed by atoms with Crippen molar-refractivity contribution in [2.45, 2.75) is 40.0 Å². The van der Waals surface area contributed by atoms with Crippen molar-refractivity contribution >= 4 is 11.3 Å². The van der Waals surface area contributed by atoms with Crippen LogP contribution in [0, 0.1) is 32.6 Å². The molecular formula is C28H28N5O2Pt-3. The SMILES string of the molecule is Cc1nc2c(Oc3[c-]c(N4C=CN(C)[CH-]4)ccc3)[c-]c(Oc3cc(C(C)(C)C)ccn3)cn2c1C.[Pt]. The summed E-state index contributed by atoms with van der Waals surface area (Å²) in [6, 6.07) is 16.3. The van der Waals surface area contributed by atoms with Gasteiger partial charge in [0.2, 0.25) is 5.88 Å². The topological polar surface area (TPSA) is 55.1 Å². The number of benzene rings is 1. The fourth-order valence-electron chi connectivity index (χ4n) is 3.78. The molecule has 0 saturated heterocycles. The fourth-order valence-corrected chi connectivity index (χ4v) is 3.78. The Kier molecular flexibility index (Phi) is 7.14. The first-order valence-electron chi connectivity index (χ1n) is 11.5. The molecule has 1 aliphatic heterocycles. The van der Waals surface area contributed by atoms with Crippen LogP contribution in [0.1, 0.15) is 37.7 Å². The Balaban J connectivity index is 0.00000304. The number of ether oxygens (including phenoxy) is 2. The Bertz CT molecular complexity index is 1420. The first-order chi connectivity index (χ1) is 16.7. The summed E-state index contributed by atoms with van der Waals surface area (Å²) in [6.07, 6.45) is 7.57. The summed E-state index contributed by atoms with van der Waals surface area (Å²) in [5.74, 6) is 2.00. The molecule has 1 aliphatic rings. The van der Waals surface area contributed by atoms with Crippen LogP contribution < -0.4 is 14.4 Å². The molecule has 5 rings (SSSR count). The number of hydrogen-bond acceptors (Lipinski definition) is 6. The van der Waals surface area contributed by atoms with Crippen LogP contribution in [0.3, 0.4) is 0 Å². The number of nitrogens with zero attached hydrogens (tertiary/aromatic N) is 5. The summed E-state index contributed by atoms with van der Waals surface area (Å²) < 4.78 is 14.4. The number of imidazole rings is 1. The molecule has 0 amide bonds. The molecule has 4 heterocycles. The molecule has 3 aromatic heterocycles. The van der Waals surface area contributed by atoms with Gasteiger partial charge in [-0.1, -0.05) is 33.0 Å². The Hall–Kier alpha value is -3.31. The van der Waals surface area contributed by atoms with Gasteiger partial charge in [0.15, 0.2) is 0 Å². The summed E-state index contributed by atoms with van der Waals surface area (Å²) in [6.45, 7) is 12.4. The number of anilines is 1. The second-order valence-corrected chi connectivity index (χ2v) is 9.65. The summed E-state index contributed by atoms with van der Waals surface area (Å²) in [5.41, 5.74) is 4.56. The van der Waals surface area contributed by atoms with Crippen molar-refractivity contribution in [1.82, 2.24) is 19.3 Å². The van der Waals surface area contributed by atoms with Crippen molar-refractivity contribution in [1.29, 1.82) is 0 Å². The quantitative estimate of drug-likeness (QED) is 0.239. The van der Waals surface area contributed by atoms with Crippen LogP contribution in [0.2, 0.25) is 0 Å². The Labute approximate surface area is 226 Å². The van der Waals surface area contributed by atoms with Gasteiger partial charge in [0, 0.05) is 56.2 Å². The molecule has 0 bridgehead atoms. The van der Waals surface area contributed by atoms with Crippen LogP contribution in [-0.4, -0.2) is 26.3 Å². The molecule has 190 valence electrons. The molecule has 0 radical (unpaired) electrons. The number of hydrogen-bond donors (Lipinski definition) is 0. The molecule has 4 aromatic rings. The van der Waals surface area contributed by atoms with Crippen LogP contribution in [-0.2, 0) is 26.5 Å². The van der Waals surface area contributed by atoms with Gasteiger partial charge in [-0.25, -0.2) is 4.98 Å². The molecule has 0 N–H and O–H groups in total. The molecule has 0 spiro atoms. The van der Waals surface area contributed by atoms with Crippen LogP contribution in [0.25, 0.3) is 5.65 Å². The van der Waals surface area contributed by atoms with Crippen LogP contribution in [0.5, 0.6) is 23.1 Å². The normalized spacial score (nSPS) is 13.3. The molecule has 7 nitrogen and oxygen atoms in total. The summed E-state index contributed by atoms with van der Waals surface area (Å²) >= 11 is 0. The van der Waals surface area contributed by atoms with Crippen molar-refractivity contribution in [2.24, 2.45) is 0 Å². The van der Waals surface area contributed by atoms with Crippen molar-refractivity contribution in [3.8, 4) is 23.1 Å². The number of aromatic nitrogens is 3. The van der Waals surface area contributed by atoms with E-state index >= 15 is 0 Å². The van der Waals surface area contributed by atoms with Gasteiger partial charge in [0.25, 0.3) is 0 Å². The third-order valence-corrected chi connectivity index (χ3v) is 5.90. The zero-order chi connectivity index (χ0) is 24.7. The standard InChI is InChI=1S/C28H28N5O2.Pt/c1-19-20(2)33-17-24(35-26-14-21(10-11-29-26)28(3,4)5)16-25(27(33)30-19)34-23-9-7-8-22(15-23)32-13-12-31(6)18-32;/h7-14,17-18H,1-6H3;/q-3;. The van der Waals surface area contributed by atoms with Gasteiger partial charge < -0.3 is 23.7 Å². The molecule has 1 aromatic carbocycles. The van der Waals surface area contributed by atoms with Gasteiger partial charge in [0.1, 0.15) is 0 Å². The van der Waals surface area contributed by atoms with Gasteiger partial charge in [0.05, 0.1) is 11.4 Å². The minimum atomic E-state index is -0.0152. The van der Waals surface area contributed by atoms with E-state index < -0.39 is 0 Å². The third-order valence-electron chi connectivity index (χ3n) is 5.90. The Morgan fingerprint density at radius 1 is 1.00 bits per heavy atom. The van der Waals surface area contributed by atoms with E-state index in [1.807, 2.05) is 90.7 Å². The third kappa shape index (κ3) is 5.26. The Morgan fingerprint density at radius 2 is 1.81 bits per heavy atom. The zero-order valence-electron chi connectivity index (χ0n) is 21.1.